The van der Waals surface area contributed by atoms with Crippen molar-refractivity contribution in [1.82, 2.24) is 4.98 Å². The Labute approximate surface area is 110 Å². The van der Waals surface area contributed by atoms with Crippen LogP contribution in [-0.2, 0) is 4.74 Å². The molecule has 0 radical (unpaired) electrons. The van der Waals surface area contributed by atoms with Crippen LogP contribution in [0.15, 0.2) is 48.5 Å². The minimum absolute atomic E-state index is 0.213. The van der Waals surface area contributed by atoms with E-state index in [-0.39, 0.29) is 17.0 Å². The molecule has 18 heavy (non-hydrogen) atoms. The Balaban J connectivity index is 2.08. The lowest BCUT2D eigenvalue weighted by Gasteiger charge is -2.13. The Morgan fingerprint density at radius 1 is 1.17 bits per heavy atom. The van der Waals surface area contributed by atoms with Crippen LogP contribution in [0.25, 0.3) is 0 Å². The summed E-state index contributed by atoms with van der Waals surface area (Å²) >= 11 is 5.72. The fourth-order valence-electron chi connectivity index (χ4n) is 1.53. The minimum Gasteiger partial charge on any atom is -0.453 e. The number of benzene rings is 1. The number of nitrogens with zero attached hydrogens (tertiary/aromatic N) is 1. The molecule has 0 fully saturated rings. The maximum absolute atomic E-state index is 11.8. The van der Waals surface area contributed by atoms with E-state index in [1.807, 2.05) is 37.3 Å². The van der Waals surface area contributed by atoms with Crippen LogP contribution in [0.1, 0.15) is 29.1 Å². The van der Waals surface area contributed by atoms with Gasteiger partial charge in [0.25, 0.3) is 0 Å². The van der Waals surface area contributed by atoms with Gasteiger partial charge >= 0.3 is 5.97 Å². The molecule has 1 heterocycles. The molecule has 0 spiro atoms. The topological polar surface area (TPSA) is 39.2 Å². The second-order valence-electron chi connectivity index (χ2n) is 3.80. The Morgan fingerprint density at radius 3 is 2.56 bits per heavy atom. The molecule has 0 saturated heterocycles. The van der Waals surface area contributed by atoms with Crippen LogP contribution in [0.3, 0.4) is 0 Å². The van der Waals surface area contributed by atoms with E-state index in [2.05, 4.69) is 4.98 Å². The highest BCUT2D eigenvalue weighted by Crippen LogP contribution is 2.18. The lowest BCUT2D eigenvalue weighted by Crippen LogP contribution is -2.10. The maximum Gasteiger partial charge on any atom is 0.357 e. The number of carbonyl (C=O) groups excluding carboxylic acids is 1. The van der Waals surface area contributed by atoms with Gasteiger partial charge in [-0.25, -0.2) is 9.78 Å². The molecule has 1 unspecified atom stereocenters. The third-order valence-electron chi connectivity index (χ3n) is 2.48. The summed E-state index contributed by atoms with van der Waals surface area (Å²) in [5.41, 5.74) is 1.15. The SMILES string of the molecule is CC(OC(=O)c1cccc(Cl)n1)c1ccccc1. The van der Waals surface area contributed by atoms with Gasteiger partial charge in [0.2, 0.25) is 0 Å². The number of halogens is 1. The molecular formula is C14H12ClNO2. The van der Waals surface area contributed by atoms with Crippen LogP contribution in [0, 0.1) is 0 Å². The predicted molar refractivity (Wildman–Crippen MR) is 69.5 cm³/mol. The van der Waals surface area contributed by atoms with E-state index < -0.39 is 5.97 Å². The smallest absolute Gasteiger partial charge is 0.357 e. The Bertz CT molecular complexity index is 543. The molecule has 3 nitrogen and oxygen atoms in total. The summed E-state index contributed by atoms with van der Waals surface area (Å²) in [6, 6.07) is 14.4. The van der Waals surface area contributed by atoms with Gasteiger partial charge in [-0.2, -0.15) is 0 Å². The van der Waals surface area contributed by atoms with E-state index in [1.165, 1.54) is 0 Å². The van der Waals surface area contributed by atoms with Crippen LogP contribution >= 0.6 is 11.6 Å². The molecule has 92 valence electrons. The van der Waals surface area contributed by atoms with Crippen molar-refractivity contribution < 1.29 is 9.53 Å². The average Bonchev–Trinajstić information content (AvgIpc) is 2.39. The normalized spacial score (nSPS) is 11.9. The summed E-state index contributed by atoms with van der Waals surface area (Å²) < 4.78 is 5.32. The molecule has 0 amide bonds. The molecule has 4 heteroatoms. The molecule has 0 saturated carbocycles. The van der Waals surface area contributed by atoms with Gasteiger partial charge in [0.05, 0.1) is 0 Å². The number of ether oxygens (including phenoxy) is 1. The second-order valence-corrected chi connectivity index (χ2v) is 4.19. The van der Waals surface area contributed by atoms with E-state index in [0.29, 0.717) is 0 Å². The lowest BCUT2D eigenvalue weighted by atomic mass is 10.1. The molecule has 0 aliphatic heterocycles. The fourth-order valence-corrected chi connectivity index (χ4v) is 1.70. The molecule has 2 aromatic rings. The monoisotopic (exact) mass is 261 g/mol. The number of rotatable bonds is 3. The number of pyridine rings is 1. The van der Waals surface area contributed by atoms with Crippen LogP contribution in [0.2, 0.25) is 5.15 Å². The Kier molecular flexibility index (Phi) is 3.95. The van der Waals surface area contributed by atoms with E-state index in [1.54, 1.807) is 18.2 Å². The quantitative estimate of drug-likeness (QED) is 0.625. The molecular weight excluding hydrogens is 250 g/mol. The van der Waals surface area contributed by atoms with Gasteiger partial charge in [-0.3, -0.25) is 0 Å². The van der Waals surface area contributed by atoms with E-state index >= 15 is 0 Å². The molecule has 0 aliphatic rings. The number of esters is 1. The van der Waals surface area contributed by atoms with Gasteiger partial charge < -0.3 is 4.74 Å². The van der Waals surface area contributed by atoms with Crippen LogP contribution in [0.4, 0.5) is 0 Å². The first-order valence-corrected chi connectivity index (χ1v) is 5.93. The lowest BCUT2D eigenvalue weighted by molar-refractivity contribution is 0.0331. The third kappa shape index (κ3) is 3.08. The van der Waals surface area contributed by atoms with Crippen molar-refractivity contribution in [3.05, 3.63) is 64.9 Å². The van der Waals surface area contributed by atoms with Gasteiger partial charge in [0.15, 0.2) is 0 Å². The summed E-state index contributed by atoms with van der Waals surface area (Å²) in [7, 11) is 0. The largest absolute Gasteiger partial charge is 0.453 e. The van der Waals surface area contributed by atoms with Gasteiger partial charge in [0, 0.05) is 0 Å². The van der Waals surface area contributed by atoms with Crippen molar-refractivity contribution >= 4 is 17.6 Å². The number of hydrogen-bond acceptors (Lipinski definition) is 3. The van der Waals surface area contributed by atoms with Gasteiger partial charge in [-0.1, -0.05) is 48.0 Å². The zero-order chi connectivity index (χ0) is 13.0. The molecule has 1 aromatic carbocycles. The van der Waals surface area contributed by atoms with Crippen molar-refractivity contribution in [2.75, 3.05) is 0 Å². The summed E-state index contributed by atoms with van der Waals surface area (Å²) in [5.74, 6) is -0.478. The van der Waals surface area contributed by atoms with Gasteiger partial charge in [-0.15, -0.1) is 0 Å². The fraction of sp³-hybridized carbons (Fsp3) is 0.143. The molecule has 2 rings (SSSR count). The highest BCUT2D eigenvalue weighted by atomic mass is 35.5. The van der Waals surface area contributed by atoms with Crippen molar-refractivity contribution in [3.63, 3.8) is 0 Å². The first-order chi connectivity index (χ1) is 8.66. The summed E-state index contributed by atoms with van der Waals surface area (Å²) in [4.78, 5) is 15.7. The third-order valence-corrected chi connectivity index (χ3v) is 2.69. The Morgan fingerprint density at radius 2 is 1.89 bits per heavy atom. The van der Waals surface area contributed by atoms with Crippen molar-refractivity contribution in [2.24, 2.45) is 0 Å². The molecule has 1 atom stereocenters. The number of hydrogen-bond donors (Lipinski definition) is 0. The van der Waals surface area contributed by atoms with E-state index in [9.17, 15) is 4.79 Å². The van der Waals surface area contributed by atoms with E-state index in [0.717, 1.165) is 5.56 Å². The van der Waals surface area contributed by atoms with Crippen LogP contribution in [0.5, 0.6) is 0 Å². The zero-order valence-corrected chi connectivity index (χ0v) is 10.6. The summed E-state index contributed by atoms with van der Waals surface area (Å²) in [6.45, 7) is 1.82. The van der Waals surface area contributed by atoms with Crippen molar-refractivity contribution in [2.45, 2.75) is 13.0 Å². The minimum atomic E-state index is -0.478. The highest BCUT2D eigenvalue weighted by molar-refractivity contribution is 6.29. The van der Waals surface area contributed by atoms with Crippen LogP contribution in [-0.4, -0.2) is 11.0 Å². The first-order valence-electron chi connectivity index (χ1n) is 5.55. The number of carbonyl (C=O) groups is 1. The van der Waals surface area contributed by atoms with Gasteiger partial charge in [-0.05, 0) is 24.6 Å². The summed E-state index contributed by atoms with van der Waals surface area (Å²) in [5, 5.41) is 0.275. The van der Waals surface area contributed by atoms with Gasteiger partial charge in [0.1, 0.15) is 17.0 Å². The van der Waals surface area contributed by atoms with Crippen LogP contribution < -0.4 is 0 Å². The molecule has 0 N–H and O–H groups in total. The highest BCUT2D eigenvalue weighted by Gasteiger charge is 2.14. The van der Waals surface area contributed by atoms with E-state index in [4.69, 9.17) is 16.3 Å². The van der Waals surface area contributed by atoms with Crippen molar-refractivity contribution in [1.29, 1.82) is 0 Å². The average molecular weight is 262 g/mol. The molecule has 0 bridgehead atoms. The van der Waals surface area contributed by atoms with Crippen molar-refractivity contribution in [3.8, 4) is 0 Å². The summed E-state index contributed by atoms with van der Waals surface area (Å²) in [6.07, 6.45) is -0.320. The maximum atomic E-state index is 11.8. The standard InChI is InChI=1S/C14H12ClNO2/c1-10(11-6-3-2-4-7-11)18-14(17)12-8-5-9-13(15)16-12/h2-10H,1H3. The number of aromatic nitrogens is 1. The zero-order valence-electron chi connectivity index (χ0n) is 9.84. The Hall–Kier alpha value is -1.87. The predicted octanol–water partition coefficient (Wildman–Crippen LogP) is 3.65. The first kappa shape index (κ1) is 12.6. The molecule has 1 aromatic heterocycles. The second kappa shape index (κ2) is 5.65. The molecule has 0 aliphatic carbocycles.